The lowest BCUT2D eigenvalue weighted by Gasteiger charge is -2.08. The van der Waals surface area contributed by atoms with E-state index >= 15 is 0 Å². The summed E-state index contributed by atoms with van der Waals surface area (Å²) in [5, 5.41) is 4.34. The summed E-state index contributed by atoms with van der Waals surface area (Å²) in [6.45, 7) is 7.00. The summed E-state index contributed by atoms with van der Waals surface area (Å²) in [6.07, 6.45) is 2.37. The van der Waals surface area contributed by atoms with Crippen LogP contribution in [0.3, 0.4) is 0 Å². The molecule has 2 aromatic rings. The van der Waals surface area contributed by atoms with E-state index in [0.717, 1.165) is 0 Å². The number of benzene rings is 2. The Hall–Kier alpha value is -1.47. The van der Waals surface area contributed by atoms with E-state index in [4.69, 9.17) is 0 Å². The van der Waals surface area contributed by atoms with Crippen molar-refractivity contribution < 1.29 is 0 Å². The summed E-state index contributed by atoms with van der Waals surface area (Å²) >= 11 is 0. The van der Waals surface area contributed by atoms with Crippen molar-refractivity contribution in [2.75, 3.05) is 0 Å². The Labute approximate surface area is 104 Å². The van der Waals surface area contributed by atoms with Crippen molar-refractivity contribution >= 4 is 30.4 Å². The zero-order chi connectivity index (χ0) is 12.0. The number of hydrogen-bond donors (Lipinski definition) is 0. The molecule has 0 aliphatic heterocycles. The van der Waals surface area contributed by atoms with E-state index < -0.39 is 8.41 Å². The van der Waals surface area contributed by atoms with E-state index in [1.807, 2.05) is 0 Å². The van der Waals surface area contributed by atoms with Crippen LogP contribution in [0.2, 0.25) is 13.1 Å². The van der Waals surface area contributed by atoms with Crippen molar-refractivity contribution in [1.82, 2.24) is 0 Å². The fourth-order valence-electron chi connectivity index (χ4n) is 2.83. The first-order valence-electron chi connectivity index (χ1n) is 6.07. The first-order valence-corrected chi connectivity index (χ1v) is 8.57. The molecule has 1 aliphatic rings. The number of rotatable bonds is 0. The summed E-state index contributed by atoms with van der Waals surface area (Å²) in [4.78, 5) is 0. The Kier molecular flexibility index (Phi) is 2.37. The van der Waals surface area contributed by atoms with Gasteiger partial charge in [0.1, 0.15) is 0 Å². The normalized spacial score (nSPS) is 13.8. The van der Waals surface area contributed by atoms with Crippen molar-refractivity contribution in [2.45, 2.75) is 20.0 Å². The van der Waals surface area contributed by atoms with Crippen molar-refractivity contribution in [3.63, 3.8) is 0 Å². The first-order chi connectivity index (χ1) is 8.18. The van der Waals surface area contributed by atoms with Crippen molar-refractivity contribution in [1.29, 1.82) is 0 Å². The SMILES string of the molecule is CC1=Cc2c(ccc3ccccc23)C1=[Si](C)C. The molecule has 0 saturated heterocycles. The molecule has 17 heavy (non-hydrogen) atoms. The van der Waals surface area contributed by atoms with Gasteiger partial charge in [-0.3, -0.25) is 0 Å². The van der Waals surface area contributed by atoms with Gasteiger partial charge in [0.05, 0.1) is 0 Å². The average molecular weight is 236 g/mol. The van der Waals surface area contributed by atoms with Crippen LogP contribution in [-0.2, 0) is 0 Å². The molecule has 0 atom stereocenters. The Morgan fingerprint density at radius 2 is 1.71 bits per heavy atom. The van der Waals surface area contributed by atoms with Crippen LogP contribution in [0.5, 0.6) is 0 Å². The second-order valence-electron chi connectivity index (χ2n) is 4.95. The third kappa shape index (κ3) is 1.54. The lowest BCUT2D eigenvalue weighted by molar-refractivity contribution is 1.67. The summed E-state index contributed by atoms with van der Waals surface area (Å²) in [6, 6.07) is 13.2. The fraction of sp³-hybridized carbons (Fsp3) is 0.188. The zero-order valence-electron chi connectivity index (χ0n) is 10.5. The summed E-state index contributed by atoms with van der Waals surface area (Å²) in [7, 11) is -0.392. The van der Waals surface area contributed by atoms with Gasteiger partial charge in [-0.05, 0) is 39.6 Å². The zero-order valence-corrected chi connectivity index (χ0v) is 11.5. The fourth-order valence-corrected chi connectivity index (χ4v) is 4.45. The second-order valence-corrected chi connectivity index (χ2v) is 7.45. The predicted molar refractivity (Wildman–Crippen MR) is 79.2 cm³/mol. The molecule has 0 spiro atoms. The van der Waals surface area contributed by atoms with Gasteiger partial charge in [-0.25, -0.2) is 0 Å². The van der Waals surface area contributed by atoms with E-state index in [1.165, 1.54) is 27.5 Å². The minimum atomic E-state index is -0.392. The van der Waals surface area contributed by atoms with Gasteiger partial charge in [0.15, 0.2) is 0 Å². The first kappa shape index (κ1) is 10.7. The van der Waals surface area contributed by atoms with Gasteiger partial charge in [-0.2, -0.15) is 0 Å². The van der Waals surface area contributed by atoms with Crippen LogP contribution < -0.4 is 0 Å². The van der Waals surface area contributed by atoms with Crippen LogP contribution in [0.4, 0.5) is 0 Å². The third-order valence-electron chi connectivity index (χ3n) is 3.50. The van der Waals surface area contributed by atoms with Gasteiger partial charge in [0.2, 0.25) is 0 Å². The van der Waals surface area contributed by atoms with Crippen molar-refractivity contribution in [3.8, 4) is 0 Å². The van der Waals surface area contributed by atoms with Crippen LogP contribution in [0.1, 0.15) is 18.1 Å². The molecule has 0 aromatic heterocycles. The molecule has 1 aliphatic carbocycles. The molecule has 84 valence electrons. The molecule has 3 rings (SSSR count). The minimum Gasteiger partial charge on any atom is -0.0616 e. The van der Waals surface area contributed by atoms with E-state index in [0.29, 0.717) is 0 Å². The van der Waals surface area contributed by atoms with E-state index in [1.54, 1.807) is 5.17 Å². The van der Waals surface area contributed by atoms with Crippen molar-refractivity contribution in [3.05, 3.63) is 53.1 Å². The maximum absolute atomic E-state index is 2.38. The van der Waals surface area contributed by atoms with Crippen LogP contribution in [0, 0.1) is 0 Å². The molecule has 0 bridgehead atoms. The number of hydrogen-bond acceptors (Lipinski definition) is 0. The standard InChI is InChI=1S/C16H16Si/c1-11-10-15-13-7-5-4-6-12(13)8-9-14(15)16(11)17(2)3/h4-10H,1-3H3. The maximum Gasteiger partial charge on any atom is 0.0139 e. The van der Waals surface area contributed by atoms with E-state index in [2.05, 4.69) is 62.5 Å². The summed E-state index contributed by atoms with van der Waals surface area (Å²) in [5.74, 6) is 0. The van der Waals surface area contributed by atoms with Gasteiger partial charge in [0, 0.05) is 8.41 Å². The molecular formula is C16H16Si. The third-order valence-corrected chi connectivity index (χ3v) is 5.16. The Balaban J connectivity index is 2.42. The lowest BCUT2D eigenvalue weighted by atomic mass is 10.0. The minimum absolute atomic E-state index is 0.392. The van der Waals surface area contributed by atoms with Gasteiger partial charge >= 0.3 is 0 Å². The Morgan fingerprint density at radius 3 is 2.47 bits per heavy atom. The largest absolute Gasteiger partial charge is 0.0616 e. The highest BCUT2D eigenvalue weighted by molar-refractivity contribution is 6.75. The van der Waals surface area contributed by atoms with Crippen molar-refractivity contribution in [2.24, 2.45) is 0 Å². The van der Waals surface area contributed by atoms with Crippen LogP contribution in [0.15, 0.2) is 42.0 Å². The number of allylic oxidation sites excluding steroid dienone is 1. The topological polar surface area (TPSA) is 0 Å². The molecule has 0 fully saturated rings. The number of fused-ring (bicyclic) bond motifs is 3. The van der Waals surface area contributed by atoms with Crippen LogP contribution in [-0.4, -0.2) is 13.6 Å². The molecule has 2 aromatic carbocycles. The molecule has 0 N–H and O–H groups in total. The molecule has 1 heteroatoms. The molecule has 0 saturated carbocycles. The Morgan fingerprint density at radius 1 is 0.941 bits per heavy atom. The summed E-state index contributed by atoms with van der Waals surface area (Å²) < 4.78 is 0. The average Bonchev–Trinajstić information content (AvgIpc) is 2.65. The molecule has 0 unspecified atom stereocenters. The molecule has 0 heterocycles. The molecule has 0 radical (unpaired) electrons. The molecular weight excluding hydrogens is 220 g/mol. The highest BCUT2D eigenvalue weighted by Gasteiger charge is 2.18. The monoisotopic (exact) mass is 236 g/mol. The molecule has 0 amide bonds. The second kappa shape index (κ2) is 3.78. The Bertz CT molecular complexity index is 671. The smallest absolute Gasteiger partial charge is 0.0139 e. The highest BCUT2D eigenvalue weighted by atomic mass is 28.2. The van der Waals surface area contributed by atoms with E-state index in [9.17, 15) is 0 Å². The highest BCUT2D eigenvalue weighted by Crippen LogP contribution is 2.31. The van der Waals surface area contributed by atoms with Crippen LogP contribution >= 0.6 is 0 Å². The molecule has 0 nitrogen and oxygen atoms in total. The predicted octanol–water partition coefficient (Wildman–Crippen LogP) is 4.11. The van der Waals surface area contributed by atoms with Crippen LogP contribution in [0.25, 0.3) is 16.8 Å². The van der Waals surface area contributed by atoms with Gasteiger partial charge in [-0.1, -0.05) is 55.6 Å². The van der Waals surface area contributed by atoms with Gasteiger partial charge < -0.3 is 0 Å². The van der Waals surface area contributed by atoms with E-state index in [-0.39, 0.29) is 0 Å². The summed E-state index contributed by atoms with van der Waals surface area (Å²) in [5.41, 5.74) is 4.37. The quantitative estimate of drug-likeness (QED) is 0.604. The van der Waals surface area contributed by atoms with Gasteiger partial charge in [-0.15, -0.1) is 0 Å². The lowest BCUT2D eigenvalue weighted by Crippen LogP contribution is -2.10. The van der Waals surface area contributed by atoms with Gasteiger partial charge in [0.25, 0.3) is 0 Å². The maximum atomic E-state index is 2.38.